The quantitative estimate of drug-likeness (QED) is 0.631. The summed E-state index contributed by atoms with van der Waals surface area (Å²) >= 11 is 0. The number of methoxy groups -OCH3 is 1. The minimum Gasteiger partial charge on any atom is -0.465 e. The third kappa shape index (κ3) is 3.08. The van der Waals surface area contributed by atoms with Crippen LogP contribution in [0.5, 0.6) is 0 Å². The number of carbonyl (C=O) groups is 1. The normalized spacial score (nSPS) is 10.8. The summed E-state index contributed by atoms with van der Waals surface area (Å²) in [7, 11) is 1.37. The van der Waals surface area contributed by atoms with Gasteiger partial charge in [0, 0.05) is 5.69 Å². The Morgan fingerprint density at radius 3 is 2.61 bits per heavy atom. The Bertz CT molecular complexity index is 855. The first-order valence-electron chi connectivity index (χ1n) is 7.14. The molecule has 2 heterocycles. The molecule has 0 fully saturated rings. The average molecular weight is 311 g/mol. The lowest BCUT2D eigenvalue weighted by molar-refractivity contribution is 0.0600. The molecule has 5 N–H and O–H groups in total. The van der Waals surface area contributed by atoms with Crippen molar-refractivity contribution in [3.63, 3.8) is 0 Å². The number of anilines is 2. The van der Waals surface area contributed by atoms with Gasteiger partial charge in [0.05, 0.1) is 18.1 Å². The van der Waals surface area contributed by atoms with Crippen LogP contribution in [0.1, 0.15) is 21.6 Å². The summed E-state index contributed by atoms with van der Waals surface area (Å²) < 4.78 is 4.68. The molecule has 0 aliphatic carbocycles. The molecule has 3 rings (SSSR count). The number of nitrogens with two attached hydrogens (primary N) is 2. The van der Waals surface area contributed by atoms with Crippen molar-refractivity contribution in [3.05, 3.63) is 47.2 Å². The number of nitrogens with zero attached hydrogens (tertiary/aromatic N) is 2. The van der Waals surface area contributed by atoms with Gasteiger partial charge in [0.15, 0.2) is 0 Å². The van der Waals surface area contributed by atoms with E-state index in [1.165, 1.54) is 7.11 Å². The molecule has 3 aromatic rings. The van der Waals surface area contributed by atoms with Gasteiger partial charge in [-0.25, -0.2) is 4.79 Å². The lowest BCUT2D eigenvalue weighted by Gasteiger charge is -2.02. The Labute approximate surface area is 132 Å². The summed E-state index contributed by atoms with van der Waals surface area (Å²) in [5.74, 6) is 0.193. The summed E-state index contributed by atoms with van der Waals surface area (Å²) in [6.45, 7) is 0. The summed E-state index contributed by atoms with van der Waals surface area (Å²) in [6.07, 6.45) is 1.60. The van der Waals surface area contributed by atoms with E-state index in [9.17, 15) is 4.79 Å². The van der Waals surface area contributed by atoms with Gasteiger partial charge in [-0.1, -0.05) is 12.1 Å². The second-order valence-electron chi connectivity index (χ2n) is 5.21. The van der Waals surface area contributed by atoms with E-state index in [-0.39, 0.29) is 11.9 Å². The first-order valence-corrected chi connectivity index (χ1v) is 7.14. The van der Waals surface area contributed by atoms with Crippen LogP contribution < -0.4 is 11.5 Å². The van der Waals surface area contributed by atoms with Gasteiger partial charge in [-0.2, -0.15) is 9.97 Å². The van der Waals surface area contributed by atoms with Crippen molar-refractivity contribution in [1.82, 2.24) is 15.0 Å². The maximum Gasteiger partial charge on any atom is 0.337 e. The lowest BCUT2D eigenvalue weighted by Crippen LogP contribution is -2.01. The Morgan fingerprint density at radius 1 is 1.17 bits per heavy atom. The van der Waals surface area contributed by atoms with Crippen LogP contribution in [-0.2, 0) is 17.6 Å². The molecule has 0 aliphatic heterocycles. The van der Waals surface area contributed by atoms with Gasteiger partial charge in [-0.05, 0) is 36.6 Å². The van der Waals surface area contributed by atoms with E-state index >= 15 is 0 Å². The summed E-state index contributed by atoms with van der Waals surface area (Å²) in [5.41, 5.74) is 14.7. The van der Waals surface area contributed by atoms with Gasteiger partial charge in [0.25, 0.3) is 0 Å². The minimum absolute atomic E-state index is 0.154. The Balaban J connectivity index is 1.73. The third-order valence-electron chi connectivity index (χ3n) is 3.65. The summed E-state index contributed by atoms with van der Waals surface area (Å²) in [6, 6.07) is 9.29. The first kappa shape index (κ1) is 14.8. The number of aromatic nitrogens is 3. The molecule has 0 radical (unpaired) electrons. The van der Waals surface area contributed by atoms with E-state index in [2.05, 4.69) is 19.7 Å². The molecule has 0 aliphatic rings. The number of hydrogen-bond acceptors (Lipinski definition) is 6. The molecule has 0 saturated carbocycles. The van der Waals surface area contributed by atoms with Crippen molar-refractivity contribution in [2.75, 3.05) is 18.6 Å². The number of nitrogen functional groups attached to an aromatic ring is 2. The first-order chi connectivity index (χ1) is 11.1. The van der Waals surface area contributed by atoms with Crippen molar-refractivity contribution < 1.29 is 9.53 Å². The van der Waals surface area contributed by atoms with E-state index in [0.717, 1.165) is 29.5 Å². The highest BCUT2D eigenvalue weighted by Crippen LogP contribution is 2.20. The van der Waals surface area contributed by atoms with Crippen LogP contribution >= 0.6 is 0 Å². The van der Waals surface area contributed by atoms with E-state index in [0.29, 0.717) is 17.0 Å². The van der Waals surface area contributed by atoms with Gasteiger partial charge in [-0.3, -0.25) is 0 Å². The van der Waals surface area contributed by atoms with Crippen LogP contribution in [-0.4, -0.2) is 28.0 Å². The number of fused-ring (bicyclic) bond motifs is 1. The zero-order chi connectivity index (χ0) is 16.4. The van der Waals surface area contributed by atoms with Gasteiger partial charge < -0.3 is 21.2 Å². The second kappa shape index (κ2) is 5.96. The van der Waals surface area contributed by atoms with Crippen LogP contribution in [0.25, 0.3) is 11.0 Å². The number of benzene rings is 1. The molecule has 118 valence electrons. The highest BCUT2D eigenvalue weighted by atomic mass is 16.5. The topological polar surface area (TPSA) is 120 Å². The van der Waals surface area contributed by atoms with Crippen LogP contribution in [0.4, 0.5) is 11.8 Å². The Morgan fingerprint density at radius 2 is 1.91 bits per heavy atom. The van der Waals surface area contributed by atoms with Crippen molar-refractivity contribution >= 4 is 28.8 Å². The average Bonchev–Trinajstić information content (AvgIpc) is 2.96. The zero-order valence-corrected chi connectivity index (χ0v) is 12.7. The molecule has 7 heteroatoms. The SMILES string of the molecule is COC(=O)c1ccc(CCc2cc3c(N)nc(N)nc3[nH]2)cc1. The summed E-state index contributed by atoms with van der Waals surface area (Å²) in [5, 5.41) is 0.773. The highest BCUT2D eigenvalue weighted by Gasteiger charge is 2.08. The van der Waals surface area contributed by atoms with E-state index in [4.69, 9.17) is 11.5 Å². The molecule has 0 bridgehead atoms. The number of aromatic amines is 1. The van der Waals surface area contributed by atoms with Gasteiger partial charge in [0.1, 0.15) is 11.5 Å². The van der Waals surface area contributed by atoms with E-state index in [1.54, 1.807) is 12.1 Å². The van der Waals surface area contributed by atoms with Gasteiger partial charge in [0.2, 0.25) is 5.95 Å². The number of esters is 1. The number of ether oxygens (including phenoxy) is 1. The largest absolute Gasteiger partial charge is 0.465 e. The standard InChI is InChI=1S/C16H17N5O2/c1-23-15(22)10-5-2-9(3-6-10)4-7-11-8-12-13(17)20-16(18)21-14(12)19-11/h2-3,5-6,8H,4,7H2,1H3,(H5,17,18,19,20,21). The molecule has 0 spiro atoms. The fourth-order valence-electron chi connectivity index (χ4n) is 2.44. The van der Waals surface area contributed by atoms with Crippen LogP contribution in [0, 0.1) is 0 Å². The van der Waals surface area contributed by atoms with Crippen LogP contribution in [0.3, 0.4) is 0 Å². The molecule has 23 heavy (non-hydrogen) atoms. The molecular weight excluding hydrogens is 294 g/mol. The third-order valence-corrected chi connectivity index (χ3v) is 3.65. The van der Waals surface area contributed by atoms with Crippen LogP contribution in [0.2, 0.25) is 0 Å². The molecule has 7 nitrogen and oxygen atoms in total. The molecule has 0 unspecified atom stereocenters. The highest BCUT2D eigenvalue weighted by molar-refractivity contribution is 5.89. The molecular formula is C16H17N5O2. The van der Waals surface area contributed by atoms with Crippen LogP contribution in [0.15, 0.2) is 30.3 Å². The molecule has 0 amide bonds. The second-order valence-corrected chi connectivity index (χ2v) is 5.21. The molecule has 1 aromatic carbocycles. The number of nitrogens with one attached hydrogen (secondary N) is 1. The molecule has 2 aromatic heterocycles. The predicted molar refractivity (Wildman–Crippen MR) is 87.9 cm³/mol. The maximum atomic E-state index is 11.4. The number of rotatable bonds is 4. The fraction of sp³-hybridized carbons (Fsp3) is 0.188. The van der Waals surface area contributed by atoms with Crippen molar-refractivity contribution in [1.29, 1.82) is 0 Å². The van der Waals surface area contributed by atoms with Gasteiger partial charge in [-0.15, -0.1) is 0 Å². The minimum atomic E-state index is -0.334. The van der Waals surface area contributed by atoms with Crippen molar-refractivity contribution in [2.45, 2.75) is 12.8 Å². The molecule has 0 atom stereocenters. The van der Waals surface area contributed by atoms with Crippen molar-refractivity contribution in [2.24, 2.45) is 0 Å². The number of carbonyl (C=O) groups excluding carboxylic acids is 1. The van der Waals surface area contributed by atoms with Gasteiger partial charge >= 0.3 is 5.97 Å². The number of aryl methyl sites for hydroxylation is 2. The van der Waals surface area contributed by atoms with E-state index < -0.39 is 0 Å². The number of hydrogen-bond donors (Lipinski definition) is 3. The fourth-order valence-corrected chi connectivity index (χ4v) is 2.44. The summed E-state index contributed by atoms with van der Waals surface area (Å²) in [4.78, 5) is 22.7. The van der Waals surface area contributed by atoms with Crippen molar-refractivity contribution in [3.8, 4) is 0 Å². The predicted octanol–water partition coefficient (Wildman–Crippen LogP) is 1.69. The molecule has 0 saturated heterocycles. The number of H-pyrrole nitrogens is 1. The Hall–Kier alpha value is -3.09. The van der Waals surface area contributed by atoms with E-state index in [1.807, 2.05) is 18.2 Å². The lowest BCUT2D eigenvalue weighted by atomic mass is 10.1. The smallest absolute Gasteiger partial charge is 0.337 e. The Kier molecular flexibility index (Phi) is 3.84. The maximum absolute atomic E-state index is 11.4. The monoisotopic (exact) mass is 311 g/mol. The zero-order valence-electron chi connectivity index (χ0n) is 12.7.